The smallest absolute Gasteiger partial charge is 0.335 e. The van der Waals surface area contributed by atoms with Gasteiger partial charge in [-0.2, -0.15) is 0 Å². The number of urea groups is 1. The van der Waals surface area contributed by atoms with Crippen molar-refractivity contribution in [2.75, 3.05) is 37.1 Å². The van der Waals surface area contributed by atoms with E-state index in [4.69, 9.17) is 30.5 Å². The Bertz CT molecular complexity index is 1620. The van der Waals surface area contributed by atoms with E-state index in [-0.39, 0.29) is 34.4 Å². The van der Waals surface area contributed by atoms with Gasteiger partial charge in [0, 0.05) is 11.8 Å². The quantitative estimate of drug-likeness (QED) is 0.199. The Morgan fingerprint density at radius 1 is 0.977 bits per heavy atom. The SMILES string of the molecule is CCCOc1ccc(N2C(=O)NC(=O)/C(=C\c3cc(Cl)c(OCC(=O)Nc4ccccc4C)c(OC)c3)C2=O)cc1OCC. The van der Waals surface area contributed by atoms with E-state index in [2.05, 4.69) is 10.6 Å². The molecule has 1 fully saturated rings. The second-order valence-corrected chi connectivity index (χ2v) is 9.96. The highest BCUT2D eigenvalue weighted by atomic mass is 35.5. The Balaban J connectivity index is 1.58. The van der Waals surface area contributed by atoms with Crippen LogP contribution in [0.2, 0.25) is 5.02 Å². The number of carbonyl (C=O) groups is 4. The number of amides is 5. The van der Waals surface area contributed by atoms with Crippen LogP contribution in [0.15, 0.2) is 60.2 Å². The minimum Gasteiger partial charge on any atom is -0.493 e. The number of rotatable bonds is 12. The lowest BCUT2D eigenvalue weighted by Gasteiger charge is -2.27. The number of carbonyl (C=O) groups excluding carboxylic acids is 4. The second-order valence-electron chi connectivity index (χ2n) is 9.56. The molecule has 0 unspecified atom stereocenters. The molecule has 0 spiro atoms. The molecule has 1 saturated heterocycles. The standard InChI is InChI=1S/C32H32ClN3O8/c1-5-13-43-25-12-11-21(17-26(25)42-6-2)36-31(39)22(30(38)35-32(36)40)14-20-15-23(33)29(27(16-20)41-4)44-18-28(37)34-24-10-8-7-9-19(24)3/h7-12,14-17H,5-6,13,18H2,1-4H3,(H,34,37)(H,35,38,40)/b22-14+. The van der Waals surface area contributed by atoms with Gasteiger partial charge in [0.2, 0.25) is 0 Å². The van der Waals surface area contributed by atoms with Gasteiger partial charge in [0.05, 0.1) is 31.0 Å². The average molecular weight is 622 g/mol. The van der Waals surface area contributed by atoms with E-state index in [0.717, 1.165) is 16.9 Å². The summed E-state index contributed by atoms with van der Waals surface area (Å²) in [5.41, 5.74) is 1.72. The lowest BCUT2D eigenvalue weighted by Crippen LogP contribution is -2.54. The number of ether oxygens (including phenoxy) is 4. The fourth-order valence-corrected chi connectivity index (χ4v) is 4.57. The summed E-state index contributed by atoms with van der Waals surface area (Å²) in [6.45, 7) is 6.06. The molecule has 1 heterocycles. The molecule has 4 rings (SSSR count). The topological polar surface area (TPSA) is 132 Å². The summed E-state index contributed by atoms with van der Waals surface area (Å²) in [5, 5.41) is 5.03. The molecule has 0 radical (unpaired) electrons. The molecule has 3 aromatic carbocycles. The Kier molecular flexibility index (Phi) is 10.5. The zero-order valence-corrected chi connectivity index (χ0v) is 25.4. The molecule has 11 nitrogen and oxygen atoms in total. The van der Waals surface area contributed by atoms with E-state index in [1.165, 1.54) is 37.5 Å². The van der Waals surface area contributed by atoms with Crippen molar-refractivity contribution >= 4 is 52.8 Å². The van der Waals surface area contributed by atoms with Crippen LogP contribution in [-0.2, 0) is 14.4 Å². The number of hydrogen-bond acceptors (Lipinski definition) is 8. The van der Waals surface area contributed by atoms with Gasteiger partial charge in [-0.3, -0.25) is 19.7 Å². The average Bonchev–Trinajstić information content (AvgIpc) is 2.99. The number of aryl methyl sites for hydroxylation is 1. The Morgan fingerprint density at radius 3 is 2.45 bits per heavy atom. The lowest BCUT2D eigenvalue weighted by atomic mass is 10.1. The molecule has 1 aliphatic rings. The monoisotopic (exact) mass is 621 g/mol. The number of anilines is 2. The Morgan fingerprint density at radius 2 is 1.75 bits per heavy atom. The molecule has 44 heavy (non-hydrogen) atoms. The van der Waals surface area contributed by atoms with Gasteiger partial charge in [0.25, 0.3) is 17.7 Å². The first-order valence-corrected chi connectivity index (χ1v) is 14.2. The van der Waals surface area contributed by atoms with Crippen LogP contribution in [0, 0.1) is 6.92 Å². The molecule has 2 N–H and O–H groups in total. The summed E-state index contributed by atoms with van der Waals surface area (Å²) in [5.74, 6) is -1.07. The molecule has 0 saturated carbocycles. The second kappa shape index (κ2) is 14.4. The molecular formula is C32H32ClN3O8. The molecular weight excluding hydrogens is 590 g/mol. The van der Waals surface area contributed by atoms with Gasteiger partial charge < -0.3 is 24.3 Å². The van der Waals surface area contributed by atoms with E-state index in [0.29, 0.717) is 36.0 Å². The molecule has 0 aromatic heterocycles. The first kappa shape index (κ1) is 31.9. The van der Waals surface area contributed by atoms with Crippen molar-refractivity contribution in [2.24, 2.45) is 0 Å². The number of halogens is 1. The number of nitrogens with one attached hydrogen (secondary N) is 2. The number of imide groups is 2. The molecule has 1 aliphatic heterocycles. The number of para-hydroxylation sites is 1. The zero-order chi connectivity index (χ0) is 31.8. The minimum atomic E-state index is -0.912. The van der Waals surface area contributed by atoms with Crippen molar-refractivity contribution in [3.05, 3.63) is 76.3 Å². The number of nitrogens with zero attached hydrogens (tertiary/aromatic N) is 1. The highest BCUT2D eigenvalue weighted by molar-refractivity contribution is 6.39. The number of hydrogen-bond donors (Lipinski definition) is 2. The highest BCUT2D eigenvalue weighted by Crippen LogP contribution is 2.38. The summed E-state index contributed by atoms with van der Waals surface area (Å²) in [6.07, 6.45) is 2.06. The van der Waals surface area contributed by atoms with E-state index in [9.17, 15) is 19.2 Å². The van der Waals surface area contributed by atoms with Crippen molar-refractivity contribution in [3.63, 3.8) is 0 Å². The molecule has 0 bridgehead atoms. The third-order valence-electron chi connectivity index (χ3n) is 6.38. The van der Waals surface area contributed by atoms with E-state index >= 15 is 0 Å². The van der Waals surface area contributed by atoms with Gasteiger partial charge in [0.1, 0.15) is 5.57 Å². The van der Waals surface area contributed by atoms with Crippen molar-refractivity contribution in [1.29, 1.82) is 0 Å². The fraction of sp³-hybridized carbons (Fsp3) is 0.250. The van der Waals surface area contributed by atoms with Crippen LogP contribution < -0.4 is 34.5 Å². The summed E-state index contributed by atoms with van der Waals surface area (Å²) in [7, 11) is 1.38. The van der Waals surface area contributed by atoms with Crippen LogP contribution in [-0.4, -0.2) is 50.7 Å². The van der Waals surface area contributed by atoms with Crippen molar-refractivity contribution in [3.8, 4) is 23.0 Å². The lowest BCUT2D eigenvalue weighted by molar-refractivity contribution is -0.122. The molecule has 5 amide bonds. The van der Waals surface area contributed by atoms with E-state index in [1.807, 2.05) is 26.0 Å². The largest absolute Gasteiger partial charge is 0.493 e. The van der Waals surface area contributed by atoms with Crippen molar-refractivity contribution in [1.82, 2.24) is 5.32 Å². The van der Waals surface area contributed by atoms with E-state index < -0.39 is 23.8 Å². The Hall–Kier alpha value is -5.03. The van der Waals surface area contributed by atoms with Crippen molar-refractivity contribution < 1.29 is 38.1 Å². The fourth-order valence-electron chi connectivity index (χ4n) is 4.29. The van der Waals surface area contributed by atoms with Gasteiger partial charge in [-0.25, -0.2) is 9.69 Å². The number of benzene rings is 3. The summed E-state index contributed by atoms with van der Waals surface area (Å²) in [4.78, 5) is 52.4. The van der Waals surface area contributed by atoms with Crippen LogP contribution in [0.3, 0.4) is 0 Å². The molecule has 12 heteroatoms. The van der Waals surface area contributed by atoms with Crippen LogP contribution in [0.25, 0.3) is 6.08 Å². The minimum absolute atomic E-state index is 0.0699. The summed E-state index contributed by atoms with van der Waals surface area (Å²) < 4.78 is 22.4. The first-order valence-electron chi connectivity index (χ1n) is 13.8. The van der Waals surface area contributed by atoms with E-state index in [1.54, 1.807) is 25.1 Å². The molecule has 230 valence electrons. The maximum absolute atomic E-state index is 13.5. The predicted molar refractivity (Wildman–Crippen MR) is 166 cm³/mol. The normalized spacial score (nSPS) is 13.9. The van der Waals surface area contributed by atoms with Gasteiger partial charge >= 0.3 is 6.03 Å². The zero-order valence-electron chi connectivity index (χ0n) is 24.7. The molecule has 0 atom stereocenters. The van der Waals surface area contributed by atoms with Crippen LogP contribution >= 0.6 is 11.6 Å². The maximum Gasteiger partial charge on any atom is 0.335 e. The Labute approximate surface area is 259 Å². The molecule has 3 aromatic rings. The highest BCUT2D eigenvalue weighted by Gasteiger charge is 2.37. The van der Waals surface area contributed by atoms with Gasteiger partial charge in [0.15, 0.2) is 29.6 Å². The molecule has 0 aliphatic carbocycles. The van der Waals surface area contributed by atoms with Crippen molar-refractivity contribution in [2.45, 2.75) is 27.2 Å². The third kappa shape index (κ3) is 7.30. The number of methoxy groups -OCH3 is 1. The predicted octanol–water partition coefficient (Wildman–Crippen LogP) is 5.53. The van der Waals surface area contributed by atoms with Crippen LogP contribution in [0.4, 0.5) is 16.2 Å². The van der Waals surface area contributed by atoms with Gasteiger partial charge in [-0.05, 0) is 67.8 Å². The first-order chi connectivity index (χ1) is 21.2. The maximum atomic E-state index is 13.5. The van der Waals surface area contributed by atoms with Crippen LogP contribution in [0.5, 0.6) is 23.0 Å². The van der Waals surface area contributed by atoms with Gasteiger partial charge in [-0.1, -0.05) is 36.7 Å². The number of barbiturate groups is 1. The third-order valence-corrected chi connectivity index (χ3v) is 6.66. The summed E-state index contributed by atoms with van der Waals surface area (Å²) >= 11 is 6.48. The summed E-state index contributed by atoms with van der Waals surface area (Å²) in [6, 6.07) is 14.0. The van der Waals surface area contributed by atoms with Crippen LogP contribution in [0.1, 0.15) is 31.4 Å². The van der Waals surface area contributed by atoms with Gasteiger partial charge in [-0.15, -0.1) is 0 Å².